The van der Waals surface area contributed by atoms with Gasteiger partial charge in [0.2, 0.25) is 17.8 Å². The largest absolute Gasteiger partial charge is 0.368 e. The summed E-state index contributed by atoms with van der Waals surface area (Å²) in [5, 5.41) is 3.21. The molecule has 5 N–H and O–H groups in total. The molecule has 2 aromatic rings. The molecule has 1 fully saturated rings. The first-order valence-electron chi connectivity index (χ1n) is 8.45. The molecule has 8 nitrogen and oxygen atoms in total. The number of aryl methyl sites for hydroxylation is 1. The van der Waals surface area contributed by atoms with Crippen molar-refractivity contribution in [2.75, 3.05) is 17.6 Å². The number of para-hydroxylation sites is 1. The van der Waals surface area contributed by atoms with Gasteiger partial charge in [-0.15, -0.1) is 0 Å². The molecule has 1 aromatic heterocycles. The minimum Gasteiger partial charge on any atom is -0.368 e. The van der Waals surface area contributed by atoms with Gasteiger partial charge in [-0.1, -0.05) is 25.1 Å². The zero-order valence-corrected chi connectivity index (χ0v) is 14.3. The van der Waals surface area contributed by atoms with Gasteiger partial charge < -0.3 is 16.8 Å². The van der Waals surface area contributed by atoms with Crippen LogP contribution in [0.1, 0.15) is 31.2 Å². The van der Waals surface area contributed by atoms with Crippen LogP contribution in [0.3, 0.4) is 0 Å². The van der Waals surface area contributed by atoms with Crippen molar-refractivity contribution in [2.24, 2.45) is 5.73 Å². The summed E-state index contributed by atoms with van der Waals surface area (Å²) in [7, 11) is 0. The number of rotatable bonds is 6. The Balaban J connectivity index is 1.80. The highest BCUT2D eigenvalue weighted by atomic mass is 16.1. The molecule has 0 spiro atoms. The van der Waals surface area contributed by atoms with Crippen LogP contribution in [0.5, 0.6) is 0 Å². The van der Waals surface area contributed by atoms with Crippen LogP contribution in [0, 0.1) is 0 Å². The van der Waals surface area contributed by atoms with E-state index in [9.17, 15) is 4.79 Å². The molecule has 1 saturated heterocycles. The molecular formula is C17H23N7O. The number of likely N-dealkylation sites (tertiary alicyclic amines) is 1. The van der Waals surface area contributed by atoms with Crippen LogP contribution in [-0.2, 0) is 17.8 Å². The minimum atomic E-state index is -0.310. The zero-order valence-electron chi connectivity index (χ0n) is 14.3. The standard InChI is InChI=1S/C17H23N7O/c1-2-11-6-3-4-7-12(11)20-17-22-14(21-16(19)23-17)10-24-9-5-8-13(24)15(18)25/h3-4,6-7,13H,2,5,8-10H2,1H3,(H2,18,25)(H3,19,20,21,22,23). The monoisotopic (exact) mass is 341 g/mol. The number of nitrogens with zero attached hydrogens (tertiary/aromatic N) is 4. The molecule has 0 bridgehead atoms. The molecule has 25 heavy (non-hydrogen) atoms. The van der Waals surface area contributed by atoms with Crippen molar-refractivity contribution >= 4 is 23.5 Å². The number of aromatic nitrogens is 3. The summed E-state index contributed by atoms with van der Waals surface area (Å²) in [6, 6.07) is 7.70. The third-order valence-electron chi connectivity index (χ3n) is 4.38. The lowest BCUT2D eigenvalue weighted by Gasteiger charge is -2.21. The first-order chi connectivity index (χ1) is 12.1. The molecule has 1 unspecified atom stereocenters. The Bertz CT molecular complexity index is 764. The second kappa shape index (κ2) is 7.43. The smallest absolute Gasteiger partial charge is 0.234 e. The van der Waals surface area contributed by atoms with E-state index in [-0.39, 0.29) is 17.9 Å². The molecule has 0 radical (unpaired) electrons. The lowest BCUT2D eigenvalue weighted by Crippen LogP contribution is -2.40. The van der Waals surface area contributed by atoms with Crippen molar-refractivity contribution < 1.29 is 4.79 Å². The number of carbonyl (C=O) groups excluding carboxylic acids is 1. The van der Waals surface area contributed by atoms with Gasteiger partial charge in [-0.3, -0.25) is 9.69 Å². The Morgan fingerprint density at radius 3 is 2.88 bits per heavy atom. The van der Waals surface area contributed by atoms with Gasteiger partial charge in [0.1, 0.15) is 5.82 Å². The molecule has 8 heteroatoms. The number of nitrogens with two attached hydrogens (primary N) is 2. The van der Waals surface area contributed by atoms with Crippen LogP contribution < -0.4 is 16.8 Å². The molecule has 1 aromatic carbocycles. The molecule has 3 rings (SSSR count). The van der Waals surface area contributed by atoms with Crippen LogP contribution in [0.15, 0.2) is 24.3 Å². The summed E-state index contributed by atoms with van der Waals surface area (Å²) in [6.07, 6.45) is 2.60. The van der Waals surface area contributed by atoms with E-state index >= 15 is 0 Å². The molecule has 1 amide bonds. The maximum Gasteiger partial charge on any atom is 0.234 e. The highest BCUT2D eigenvalue weighted by Gasteiger charge is 2.29. The van der Waals surface area contributed by atoms with Gasteiger partial charge in [0.15, 0.2) is 0 Å². The fourth-order valence-electron chi connectivity index (χ4n) is 3.15. The number of carbonyl (C=O) groups is 1. The van der Waals surface area contributed by atoms with Crippen molar-refractivity contribution in [1.29, 1.82) is 0 Å². The van der Waals surface area contributed by atoms with E-state index < -0.39 is 0 Å². The van der Waals surface area contributed by atoms with Gasteiger partial charge in [-0.05, 0) is 37.4 Å². The van der Waals surface area contributed by atoms with Gasteiger partial charge in [-0.2, -0.15) is 15.0 Å². The molecule has 1 atom stereocenters. The van der Waals surface area contributed by atoms with E-state index in [1.54, 1.807) is 0 Å². The lowest BCUT2D eigenvalue weighted by atomic mass is 10.1. The Kier molecular flexibility index (Phi) is 5.08. The van der Waals surface area contributed by atoms with Crippen molar-refractivity contribution in [3.05, 3.63) is 35.7 Å². The predicted molar refractivity (Wildman–Crippen MR) is 96.0 cm³/mol. The number of hydrogen-bond donors (Lipinski definition) is 3. The molecule has 132 valence electrons. The van der Waals surface area contributed by atoms with Crippen LogP contribution in [0.4, 0.5) is 17.6 Å². The van der Waals surface area contributed by atoms with Gasteiger partial charge in [-0.25, -0.2) is 0 Å². The quantitative estimate of drug-likeness (QED) is 0.721. The van der Waals surface area contributed by atoms with Crippen molar-refractivity contribution in [3.63, 3.8) is 0 Å². The molecule has 2 heterocycles. The summed E-state index contributed by atoms with van der Waals surface area (Å²) in [5.74, 6) is 0.765. The first kappa shape index (κ1) is 17.1. The van der Waals surface area contributed by atoms with Crippen molar-refractivity contribution in [2.45, 2.75) is 38.8 Å². The lowest BCUT2D eigenvalue weighted by molar-refractivity contribution is -0.122. The predicted octanol–water partition coefficient (Wildman–Crippen LogP) is 1.21. The summed E-state index contributed by atoms with van der Waals surface area (Å²) >= 11 is 0. The maximum absolute atomic E-state index is 11.5. The molecule has 0 aliphatic carbocycles. The number of anilines is 3. The number of nitrogen functional groups attached to an aromatic ring is 1. The number of primary amides is 1. The van der Waals surface area contributed by atoms with Crippen LogP contribution >= 0.6 is 0 Å². The Labute approximate surface area is 146 Å². The summed E-state index contributed by atoms with van der Waals surface area (Å²) in [5.41, 5.74) is 13.4. The van der Waals surface area contributed by atoms with E-state index in [1.165, 1.54) is 0 Å². The Morgan fingerprint density at radius 2 is 2.12 bits per heavy atom. The second-order valence-electron chi connectivity index (χ2n) is 6.10. The first-order valence-corrected chi connectivity index (χ1v) is 8.45. The van der Waals surface area contributed by atoms with E-state index in [0.717, 1.165) is 37.1 Å². The van der Waals surface area contributed by atoms with Gasteiger partial charge in [0.25, 0.3) is 0 Å². The summed E-state index contributed by atoms with van der Waals surface area (Å²) in [6.45, 7) is 3.30. The van der Waals surface area contributed by atoms with Gasteiger partial charge in [0.05, 0.1) is 12.6 Å². The van der Waals surface area contributed by atoms with Crippen molar-refractivity contribution in [3.8, 4) is 0 Å². The Morgan fingerprint density at radius 1 is 1.32 bits per heavy atom. The van der Waals surface area contributed by atoms with Crippen LogP contribution in [0.25, 0.3) is 0 Å². The molecule has 1 aliphatic rings. The van der Waals surface area contributed by atoms with E-state index in [0.29, 0.717) is 18.3 Å². The molecule has 0 saturated carbocycles. The van der Waals surface area contributed by atoms with E-state index in [2.05, 4.69) is 33.3 Å². The summed E-state index contributed by atoms with van der Waals surface area (Å²) < 4.78 is 0. The molecular weight excluding hydrogens is 318 g/mol. The van der Waals surface area contributed by atoms with E-state index in [1.807, 2.05) is 23.1 Å². The van der Waals surface area contributed by atoms with Gasteiger partial charge >= 0.3 is 0 Å². The average Bonchev–Trinajstić information content (AvgIpc) is 3.03. The number of amides is 1. The fraction of sp³-hybridized carbons (Fsp3) is 0.412. The normalized spacial score (nSPS) is 17.6. The number of hydrogen-bond acceptors (Lipinski definition) is 7. The van der Waals surface area contributed by atoms with Gasteiger partial charge in [0, 0.05) is 5.69 Å². The van der Waals surface area contributed by atoms with Crippen LogP contribution in [0.2, 0.25) is 0 Å². The zero-order chi connectivity index (χ0) is 17.8. The minimum absolute atomic E-state index is 0.149. The topological polar surface area (TPSA) is 123 Å². The van der Waals surface area contributed by atoms with Crippen LogP contribution in [-0.4, -0.2) is 38.3 Å². The third kappa shape index (κ3) is 4.03. The number of benzene rings is 1. The number of nitrogens with one attached hydrogen (secondary N) is 1. The Hall–Kier alpha value is -2.74. The highest BCUT2D eigenvalue weighted by molar-refractivity contribution is 5.80. The molecule has 1 aliphatic heterocycles. The maximum atomic E-state index is 11.5. The average molecular weight is 341 g/mol. The highest BCUT2D eigenvalue weighted by Crippen LogP contribution is 2.21. The fourth-order valence-corrected chi connectivity index (χ4v) is 3.15. The third-order valence-corrected chi connectivity index (χ3v) is 4.38. The SMILES string of the molecule is CCc1ccccc1Nc1nc(N)nc(CN2CCCC2C(N)=O)n1. The summed E-state index contributed by atoms with van der Waals surface area (Å²) in [4.78, 5) is 26.3. The van der Waals surface area contributed by atoms with Crippen molar-refractivity contribution in [1.82, 2.24) is 19.9 Å². The van der Waals surface area contributed by atoms with E-state index in [4.69, 9.17) is 11.5 Å². The second-order valence-corrected chi connectivity index (χ2v) is 6.10.